The van der Waals surface area contributed by atoms with Gasteiger partial charge in [0.05, 0.1) is 22.8 Å². The van der Waals surface area contributed by atoms with Crippen LogP contribution in [0.15, 0.2) is 54.6 Å². The van der Waals surface area contributed by atoms with Crippen molar-refractivity contribution in [2.24, 2.45) is 0 Å². The summed E-state index contributed by atoms with van der Waals surface area (Å²) in [6.07, 6.45) is 3.46. The Kier molecular flexibility index (Phi) is 4.85. The fourth-order valence-electron chi connectivity index (χ4n) is 5.37. The molecule has 164 valence electrons. The Morgan fingerprint density at radius 1 is 1.12 bits per heavy atom. The van der Waals surface area contributed by atoms with E-state index in [9.17, 15) is 5.26 Å². The first-order valence-corrected chi connectivity index (χ1v) is 11.6. The number of nitrogens with zero attached hydrogens (tertiary/aromatic N) is 5. The summed E-state index contributed by atoms with van der Waals surface area (Å²) in [4.78, 5) is 12.7. The Bertz CT molecular complexity index is 1380. The van der Waals surface area contributed by atoms with Gasteiger partial charge in [-0.25, -0.2) is 4.98 Å². The largest absolute Gasteiger partial charge is 0.366 e. The summed E-state index contributed by atoms with van der Waals surface area (Å²) in [5.74, 6) is 1.60. The summed E-state index contributed by atoms with van der Waals surface area (Å²) < 4.78 is 2.09. The van der Waals surface area contributed by atoms with Crippen LogP contribution in [0.4, 0.5) is 5.82 Å². The van der Waals surface area contributed by atoms with Crippen molar-refractivity contribution in [1.82, 2.24) is 19.4 Å². The zero-order valence-corrected chi connectivity index (χ0v) is 18.8. The van der Waals surface area contributed by atoms with Crippen LogP contribution in [0.25, 0.3) is 16.9 Å². The molecule has 4 heterocycles. The third-order valence-electron chi connectivity index (χ3n) is 7.02. The van der Waals surface area contributed by atoms with Crippen molar-refractivity contribution in [3.05, 3.63) is 82.7 Å². The minimum Gasteiger partial charge on any atom is -0.366 e. The minimum absolute atomic E-state index is 0.579. The monoisotopic (exact) mass is 434 g/mol. The van der Waals surface area contributed by atoms with Gasteiger partial charge in [-0.15, -0.1) is 0 Å². The molecule has 6 heteroatoms. The quantitative estimate of drug-likeness (QED) is 0.503. The van der Waals surface area contributed by atoms with Crippen LogP contribution in [0, 0.1) is 18.3 Å². The van der Waals surface area contributed by atoms with E-state index >= 15 is 0 Å². The van der Waals surface area contributed by atoms with Gasteiger partial charge in [0, 0.05) is 42.2 Å². The fraction of sp³-hybridized carbons (Fsp3) is 0.296. The van der Waals surface area contributed by atoms with Gasteiger partial charge in [-0.2, -0.15) is 10.2 Å². The Morgan fingerprint density at radius 2 is 2.00 bits per heavy atom. The third kappa shape index (κ3) is 3.46. The second-order valence-corrected chi connectivity index (χ2v) is 9.08. The molecule has 2 aliphatic rings. The number of aryl methyl sites for hydroxylation is 1. The van der Waals surface area contributed by atoms with Crippen LogP contribution in [0.5, 0.6) is 0 Å². The van der Waals surface area contributed by atoms with Crippen molar-refractivity contribution < 1.29 is 0 Å². The molecule has 2 aliphatic heterocycles. The summed E-state index contributed by atoms with van der Waals surface area (Å²) in [6.45, 7) is 4.83. The molecular weight excluding hydrogens is 408 g/mol. The lowest BCUT2D eigenvalue weighted by Crippen LogP contribution is -2.36. The van der Waals surface area contributed by atoms with E-state index in [1.165, 1.54) is 24.0 Å². The Hall–Kier alpha value is -3.69. The second kappa shape index (κ2) is 8.02. The summed E-state index contributed by atoms with van der Waals surface area (Å²) in [5.41, 5.74) is 6.27. The first-order chi connectivity index (χ1) is 16.2. The lowest BCUT2D eigenvalue weighted by Gasteiger charge is -2.32. The van der Waals surface area contributed by atoms with Gasteiger partial charge < -0.3 is 5.32 Å². The molecule has 1 unspecified atom stereocenters. The van der Waals surface area contributed by atoms with Crippen LogP contribution in [-0.4, -0.2) is 32.0 Å². The van der Waals surface area contributed by atoms with Crippen molar-refractivity contribution in [3.63, 3.8) is 0 Å². The van der Waals surface area contributed by atoms with E-state index in [2.05, 4.69) is 58.1 Å². The summed E-state index contributed by atoms with van der Waals surface area (Å²) in [5, 5.41) is 14.1. The van der Waals surface area contributed by atoms with Gasteiger partial charge >= 0.3 is 0 Å². The maximum Gasteiger partial charge on any atom is 0.236 e. The number of rotatable bonds is 4. The van der Waals surface area contributed by atoms with Crippen molar-refractivity contribution in [1.29, 1.82) is 5.26 Å². The van der Waals surface area contributed by atoms with E-state index in [1.807, 2.05) is 24.3 Å². The summed E-state index contributed by atoms with van der Waals surface area (Å²) >= 11 is 0. The number of benzene rings is 2. The maximum absolute atomic E-state index is 9.57. The lowest BCUT2D eigenvalue weighted by atomic mass is 9.99. The zero-order valence-electron chi connectivity index (χ0n) is 18.8. The number of hydrogen-bond acceptors (Lipinski definition) is 5. The van der Waals surface area contributed by atoms with Crippen LogP contribution in [-0.2, 0) is 19.5 Å². The first kappa shape index (κ1) is 20.0. The molecule has 6 rings (SSSR count). The van der Waals surface area contributed by atoms with Crippen LogP contribution >= 0.6 is 0 Å². The van der Waals surface area contributed by atoms with Crippen LogP contribution in [0.2, 0.25) is 0 Å². The average Bonchev–Trinajstić information content (AvgIpc) is 3.44. The molecule has 0 bridgehead atoms. The predicted octanol–water partition coefficient (Wildman–Crippen LogP) is 4.73. The summed E-state index contributed by atoms with van der Waals surface area (Å²) in [7, 11) is 0. The van der Waals surface area contributed by atoms with Gasteiger partial charge in [0.15, 0.2) is 0 Å². The topological polar surface area (TPSA) is 69.8 Å². The molecule has 2 aromatic carbocycles. The highest BCUT2D eigenvalue weighted by Gasteiger charge is 2.33. The maximum atomic E-state index is 9.57. The van der Waals surface area contributed by atoms with Gasteiger partial charge in [-0.1, -0.05) is 36.4 Å². The molecule has 1 atom stereocenters. The van der Waals surface area contributed by atoms with Crippen molar-refractivity contribution in [3.8, 4) is 12.0 Å². The smallest absolute Gasteiger partial charge is 0.236 e. The molecule has 0 spiro atoms. The van der Waals surface area contributed by atoms with Gasteiger partial charge in [0.25, 0.3) is 0 Å². The normalized spacial score (nSPS) is 17.5. The van der Waals surface area contributed by atoms with Gasteiger partial charge in [0.2, 0.25) is 5.95 Å². The molecule has 33 heavy (non-hydrogen) atoms. The highest BCUT2D eigenvalue weighted by atomic mass is 15.2. The highest BCUT2D eigenvalue weighted by molar-refractivity contribution is 5.88. The molecule has 0 aliphatic carbocycles. The number of aromatic nitrogens is 3. The van der Waals surface area contributed by atoms with Crippen molar-refractivity contribution in [2.75, 3.05) is 11.9 Å². The molecular formula is C27H26N6. The van der Waals surface area contributed by atoms with Crippen LogP contribution < -0.4 is 5.32 Å². The Balaban J connectivity index is 1.48. The van der Waals surface area contributed by atoms with E-state index < -0.39 is 0 Å². The SMILES string of the molecule is Cc1cc2c(C#N)cccc2n1-c1nc2c(c(NCc3ccccc3)n1)CN1CCCC1C2. The van der Waals surface area contributed by atoms with E-state index in [0.717, 1.165) is 54.2 Å². The minimum atomic E-state index is 0.579. The molecule has 0 radical (unpaired) electrons. The summed E-state index contributed by atoms with van der Waals surface area (Å²) in [6, 6.07) is 21.2. The average molecular weight is 435 g/mol. The van der Waals surface area contributed by atoms with Crippen molar-refractivity contribution in [2.45, 2.75) is 45.3 Å². The fourth-order valence-corrected chi connectivity index (χ4v) is 5.37. The van der Waals surface area contributed by atoms with Gasteiger partial charge in [0.1, 0.15) is 5.82 Å². The number of fused-ring (bicyclic) bond motifs is 3. The third-order valence-corrected chi connectivity index (χ3v) is 7.02. The predicted molar refractivity (Wildman–Crippen MR) is 129 cm³/mol. The number of hydrogen-bond donors (Lipinski definition) is 1. The lowest BCUT2D eigenvalue weighted by molar-refractivity contribution is 0.225. The first-order valence-electron chi connectivity index (χ1n) is 11.6. The molecule has 0 amide bonds. The van der Waals surface area contributed by atoms with E-state index in [4.69, 9.17) is 9.97 Å². The molecule has 2 aromatic heterocycles. The standard InChI is InChI=1S/C27H26N6/c1-18-13-22-20(15-28)9-5-11-25(22)33(18)27-30-24-14-21-10-6-12-32(21)17-23(24)26(31-27)29-16-19-7-3-2-4-8-19/h2-5,7-9,11,13,21H,6,10,12,14,16-17H2,1H3,(H,29,30,31). The zero-order chi connectivity index (χ0) is 22.4. The Labute approximate surface area is 193 Å². The molecule has 6 nitrogen and oxygen atoms in total. The Morgan fingerprint density at radius 3 is 2.85 bits per heavy atom. The van der Waals surface area contributed by atoms with Gasteiger partial charge in [-0.3, -0.25) is 9.47 Å². The van der Waals surface area contributed by atoms with Gasteiger partial charge in [-0.05, 0) is 50.1 Å². The second-order valence-electron chi connectivity index (χ2n) is 9.08. The van der Waals surface area contributed by atoms with E-state index in [-0.39, 0.29) is 0 Å². The number of anilines is 1. The van der Waals surface area contributed by atoms with Crippen LogP contribution in [0.3, 0.4) is 0 Å². The molecule has 1 saturated heterocycles. The van der Waals surface area contributed by atoms with E-state index in [0.29, 0.717) is 17.6 Å². The molecule has 0 saturated carbocycles. The number of nitriles is 1. The van der Waals surface area contributed by atoms with Crippen LogP contribution in [0.1, 0.15) is 40.9 Å². The molecule has 1 fully saturated rings. The molecule has 1 N–H and O–H groups in total. The molecule has 4 aromatic rings. The van der Waals surface area contributed by atoms with E-state index in [1.54, 1.807) is 0 Å². The van der Waals surface area contributed by atoms with Crippen molar-refractivity contribution >= 4 is 16.7 Å². The number of nitrogens with one attached hydrogen (secondary N) is 1. The highest BCUT2D eigenvalue weighted by Crippen LogP contribution is 2.34.